The second-order valence-electron chi connectivity index (χ2n) is 8.57. The Morgan fingerprint density at radius 1 is 0.919 bits per heavy atom. The molecule has 206 valence electrons. The Balaban J connectivity index is 2.82. The predicted molar refractivity (Wildman–Crippen MR) is 125 cm³/mol. The molecule has 37 heavy (non-hydrogen) atoms. The van der Waals surface area contributed by atoms with Gasteiger partial charge < -0.3 is 47.3 Å². The molecule has 0 aliphatic heterocycles. The van der Waals surface area contributed by atoms with Gasteiger partial charge in [-0.2, -0.15) is 0 Å². The van der Waals surface area contributed by atoms with E-state index in [1.54, 1.807) is 13.8 Å². The Labute approximate surface area is 211 Å². The number of rotatable bonds is 15. The molecule has 1 aromatic rings. The van der Waals surface area contributed by atoms with E-state index in [9.17, 15) is 39.0 Å². The number of aromatic amines is 1. The van der Waals surface area contributed by atoms with E-state index in [1.807, 2.05) is 0 Å². The highest BCUT2D eigenvalue weighted by Crippen LogP contribution is 2.03. The maximum atomic E-state index is 12.6. The van der Waals surface area contributed by atoms with Gasteiger partial charge in [-0.3, -0.25) is 24.0 Å². The topological polar surface area (TPSA) is 266 Å². The number of imidazole rings is 1. The largest absolute Gasteiger partial charge is 0.481 e. The average molecular weight is 528 g/mol. The Kier molecular flexibility index (Phi) is 12.1. The summed E-state index contributed by atoms with van der Waals surface area (Å²) in [6, 6.07) is -6.89. The molecular weight excluding hydrogens is 494 g/mol. The highest BCUT2D eigenvalue weighted by molar-refractivity contribution is 5.96. The Hall–Kier alpha value is -4.05. The highest BCUT2D eigenvalue weighted by Gasteiger charge is 2.32. The molecule has 0 radical (unpaired) electrons. The average Bonchev–Trinajstić information content (AvgIpc) is 3.32. The number of H-pyrrole nitrogens is 1. The van der Waals surface area contributed by atoms with Crippen molar-refractivity contribution in [3.8, 4) is 0 Å². The van der Waals surface area contributed by atoms with Crippen LogP contribution in [0.3, 0.4) is 0 Å². The van der Waals surface area contributed by atoms with Crippen LogP contribution < -0.4 is 27.0 Å². The molecule has 0 fully saturated rings. The Morgan fingerprint density at radius 2 is 1.51 bits per heavy atom. The van der Waals surface area contributed by atoms with Crippen LogP contribution >= 0.6 is 0 Å². The van der Waals surface area contributed by atoms with Crippen LogP contribution in [0.4, 0.5) is 0 Å². The normalized spacial score (nSPS) is 15.0. The van der Waals surface area contributed by atoms with Gasteiger partial charge in [-0.1, -0.05) is 13.8 Å². The van der Waals surface area contributed by atoms with Crippen LogP contribution in [-0.4, -0.2) is 97.7 Å². The molecule has 16 heteroatoms. The van der Waals surface area contributed by atoms with E-state index in [0.29, 0.717) is 5.69 Å². The lowest BCUT2D eigenvalue weighted by atomic mass is 10.0. The zero-order chi connectivity index (χ0) is 28.3. The SMILES string of the molecule is CC(C)[C@H](NC(=O)[C@H](C)NC(=O)[C@H](CC(=O)O)NC(=O)[C@H](CO)NC(=O)[C@@H](N)Cc1c[nH]cn1)C(=O)O. The van der Waals surface area contributed by atoms with E-state index in [-0.39, 0.29) is 6.42 Å². The standard InChI is InChI=1S/C21H33N7O9/c1-9(2)16(21(36)37)28-17(32)10(3)25-19(34)13(5-15(30)31)26-20(35)14(7-29)27-18(33)12(22)4-11-6-23-8-24-11/h6,8-10,12-14,16,29H,4-5,7,22H2,1-3H3,(H,23,24)(H,25,34)(H,26,35)(H,27,33)(H,28,32)(H,30,31)(H,36,37)/t10-,12-,13-,14-,16-/m0/s1. The smallest absolute Gasteiger partial charge is 0.326 e. The predicted octanol–water partition coefficient (Wildman–Crippen LogP) is -3.55. The molecule has 1 heterocycles. The minimum Gasteiger partial charge on any atom is -0.481 e. The van der Waals surface area contributed by atoms with E-state index in [1.165, 1.54) is 19.4 Å². The van der Waals surface area contributed by atoms with Crippen molar-refractivity contribution in [3.63, 3.8) is 0 Å². The molecule has 16 nitrogen and oxygen atoms in total. The number of amides is 4. The van der Waals surface area contributed by atoms with Crippen molar-refractivity contribution >= 4 is 35.6 Å². The van der Waals surface area contributed by atoms with E-state index < -0.39 is 84.7 Å². The third-order valence-corrected chi connectivity index (χ3v) is 5.13. The molecule has 0 saturated carbocycles. The van der Waals surface area contributed by atoms with Gasteiger partial charge in [0.15, 0.2) is 0 Å². The van der Waals surface area contributed by atoms with Gasteiger partial charge >= 0.3 is 11.9 Å². The van der Waals surface area contributed by atoms with Gasteiger partial charge in [-0.15, -0.1) is 0 Å². The summed E-state index contributed by atoms with van der Waals surface area (Å²) in [6.07, 6.45) is 2.04. The fraction of sp³-hybridized carbons (Fsp3) is 0.571. The van der Waals surface area contributed by atoms with Crippen molar-refractivity contribution in [2.24, 2.45) is 11.7 Å². The van der Waals surface area contributed by atoms with E-state index in [0.717, 1.165) is 0 Å². The van der Waals surface area contributed by atoms with Gasteiger partial charge in [0.25, 0.3) is 0 Å². The van der Waals surface area contributed by atoms with Crippen LogP contribution in [0.2, 0.25) is 0 Å². The van der Waals surface area contributed by atoms with E-state index in [2.05, 4.69) is 31.2 Å². The fourth-order valence-corrected chi connectivity index (χ4v) is 3.02. The zero-order valence-electron chi connectivity index (χ0n) is 20.6. The summed E-state index contributed by atoms with van der Waals surface area (Å²) < 4.78 is 0. The first-order valence-corrected chi connectivity index (χ1v) is 11.3. The maximum Gasteiger partial charge on any atom is 0.326 e. The number of carboxylic acid groups (broad SMARTS) is 2. The summed E-state index contributed by atoms with van der Waals surface area (Å²) >= 11 is 0. The molecule has 0 unspecified atom stereocenters. The molecule has 0 aliphatic rings. The monoisotopic (exact) mass is 527 g/mol. The van der Waals surface area contributed by atoms with Crippen LogP contribution in [0.15, 0.2) is 12.5 Å². The van der Waals surface area contributed by atoms with Crippen molar-refractivity contribution in [1.29, 1.82) is 0 Å². The summed E-state index contributed by atoms with van der Waals surface area (Å²) in [5.74, 6) is -6.99. The summed E-state index contributed by atoms with van der Waals surface area (Å²) in [5.41, 5.74) is 6.26. The lowest BCUT2D eigenvalue weighted by Crippen LogP contribution is -2.59. The molecule has 0 bridgehead atoms. The van der Waals surface area contributed by atoms with Gasteiger partial charge in [-0.25, -0.2) is 9.78 Å². The van der Waals surface area contributed by atoms with Crippen LogP contribution in [-0.2, 0) is 35.2 Å². The summed E-state index contributed by atoms with van der Waals surface area (Å²) in [7, 11) is 0. The molecule has 5 atom stereocenters. The summed E-state index contributed by atoms with van der Waals surface area (Å²) in [6.45, 7) is 3.49. The first-order valence-electron chi connectivity index (χ1n) is 11.3. The lowest BCUT2D eigenvalue weighted by molar-refractivity contribution is -0.144. The van der Waals surface area contributed by atoms with Crippen molar-refractivity contribution in [3.05, 3.63) is 18.2 Å². The lowest BCUT2D eigenvalue weighted by Gasteiger charge is -2.24. The third kappa shape index (κ3) is 10.2. The van der Waals surface area contributed by atoms with E-state index in [4.69, 9.17) is 10.8 Å². The van der Waals surface area contributed by atoms with Gasteiger partial charge in [0.05, 0.1) is 31.1 Å². The number of nitrogens with two attached hydrogens (primary N) is 1. The number of aliphatic hydroxyl groups excluding tert-OH is 1. The third-order valence-electron chi connectivity index (χ3n) is 5.13. The number of nitrogens with zero attached hydrogens (tertiary/aromatic N) is 1. The quantitative estimate of drug-likeness (QED) is 0.108. The van der Waals surface area contributed by atoms with E-state index >= 15 is 0 Å². The minimum atomic E-state index is -1.69. The van der Waals surface area contributed by atoms with Crippen molar-refractivity contribution < 1.29 is 44.1 Å². The van der Waals surface area contributed by atoms with Gasteiger partial charge in [-0.05, 0) is 12.8 Å². The van der Waals surface area contributed by atoms with Crippen molar-refractivity contribution in [1.82, 2.24) is 31.2 Å². The number of hydrogen-bond acceptors (Lipinski definition) is 9. The molecule has 0 saturated heterocycles. The summed E-state index contributed by atoms with van der Waals surface area (Å²) in [4.78, 5) is 79.0. The summed E-state index contributed by atoms with van der Waals surface area (Å²) in [5, 5.41) is 36.7. The van der Waals surface area contributed by atoms with Crippen LogP contribution in [0.5, 0.6) is 0 Å². The molecule has 4 amide bonds. The molecule has 0 aliphatic carbocycles. The van der Waals surface area contributed by atoms with Crippen LogP contribution in [0, 0.1) is 5.92 Å². The van der Waals surface area contributed by atoms with Crippen LogP contribution in [0.25, 0.3) is 0 Å². The van der Waals surface area contributed by atoms with Crippen molar-refractivity contribution in [2.45, 2.75) is 63.8 Å². The second-order valence-corrected chi connectivity index (χ2v) is 8.57. The molecular formula is C21H33N7O9. The molecule has 1 rings (SSSR count). The first kappa shape index (κ1) is 31.0. The number of hydrogen-bond donors (Lipinski definition) is 9. The molecule has 10 N–H and O–H groups in total. The number of aromatic nitrogens is 2. The first-order chi connectivity index (χ1) is 17.3. The Bertz CT molecular complexity index is 968. The Morgan fingerprint density at radius 3 is 2.00 bits per heavy atom. The highest BCUT2D eigenvalue weighted by atomic mass is 16.4. The maximum absolute atomic E-state index is 12.6. The molecule has 1 aromatic heterocycles. The van der Waals surface area contributed by atoms with Gasteiger partial charge in [0.1, 0.15) is 24.2 Å². The zero-order valence-corrected chi connectivity index (χ0v) is 20.6. The fourth-order valence-electron chi connectivity index (χ4n) is 3.02. The molecule has 0 spiro atoms. The van der Waals surface area contributed by atoms with Crippen molar-refractivity contribution in [2.75, 3.05) is 6.61 Å². The number of aliphatic hydroxyl groups is 1. The number of carbonyl (C=O) groups is 6. The molecule has 0 aromatic carbocycles. The number of nitrogens with one attached hydrogen (secondary N) is 5. The number of carbonyl (C=O) groups excluding carboxylic acids is 4. The number of carboxylic acids is 2. The minimum absolute atomic E-state index is 0.0264. The second kappa shape index (κ2) is 14.5. The van der Waals surface area contributed by atoms with Gasteiger partial charge in [0, 0.05) is 12.6 Å². The van der Waals surface area contributed by atoms with Gasteiger partial charge in [0.2, 0.25) is 23.6 Å². The number of aliphatic carboxylic acids is 2. The van der Waals surface area contributed by atoms with Crippen LogP contribution in [0.1, 0.15) is 32.9 Å².